The van der Waals surface area contributed by atoms with Gasteiger partial charge in [0, 0.05) is 21.9 Å². The Kier molecular flexibility index (Phi) is 5.17. The lowest BCUT2D eigenvalue weighted by atomic mass is 10.1. The second-order valence-corrected chi connectivity index (χ2v) is 7.60. The van der Waals surface area contributed by atoms with Gasteiger partial charge >= 0.3 is 11.6 Å². The molecule has 0 aliphatic carbocycles. The Labute approximate surface area is 166 Å². The third-order valence-electron chi connectivity index (χ3n) is 4.45. The molecule has 0 unspecified atom stereocenters. The third-order valence-corrected chi connectivity index (χ3v) is 5.42. The number of carbonyl (C=O) groups is 1. The van der Waals surface area contributed by atoms with Gasteiger partial charge in [-0.15, -0.1) is 11.8 Å². The molecule has 0 bridgehead atoms. The summed E-state index contributed by atoms with van der Waals surface area (Å²) < 4.78 is 10.6. The average Bonchev–Trinajstić information content (AvgIpc) is 2.69. The molecule has 140 valence electrons. The minimum atomic E-state index is -0.449. The SMILES string of the molecule is Cc1ccc2c(COC(=O)CSc3ccc4ccccc4c3)cc(=O)oc2c1. The van der Waals surface area contributed by atoms with Gasteiger partial charge in [-0.25, -0.2) is 4.79 Å². The van der Waals surface area contributed by atoms with E-state index in [1.807, 2.05) is 49.4 Å². The molecule has 4 aromatic rings. The number of fused-ring (bicyclic) bond motifs is 2. The maximum Gasteiger partial charge on any atom is 0.336 e. The highest BCUT2D eigenvalue weighted by Gasteiger charge is 2.10. The molecule has 0 aliphatic heterocycles. The minimum absolute atomic E-state index is 0.0439. The fourth-order valence-electron chi connectivity index (χ4n) is 3.06. The van der Waals surface area contributed by atoms with Gasteiger partial charge in [0.15, 0.2) is 0 Å². The predicted octanol–water partition coefficient (Wildman–Crippen LogP) is 5.09. The largest absolute Gasteiger partial charge is 0.460 e. The number of hydrogen-bond acceptors (Lipinski definition) is 5. The van der Waals surface area contributed by atoms with Crippen LogP contribution in [0.5, 0.6) is 0 Å². The van der Waals surface area contributed by atoms with Crippen molar-refractivity contribution in [2.45, 2.75) is 18.4 Å². The van der Waals surface area contributed by atoms with Crippen molar-refractivity contribution < 1.29 is 13.9 Å². The van der Waals surface area contributed by atoms with Crippen LogP contribution in [0.1, 0.15) is 11.1 Å². The lowest BCUT2D eigenvalue weighted by Gasteiger charge is -2.08. The molecule has 4 rings (SSSR count). The van der Waals surface area contributed by atoms with Gasteiger partial charge in [0.05, 0.1) is 5.75 Å². The Morgan fingerprint density at radius 2 is 1.82 bits per heavy atom. The van der Waals surface area contributed by atoms with E-state index in [-0.39, 0.29) is 18.3 Å². The Morgan fingerprint density at radius 1 is 1.00 bits per heavy atom. The minimum Gasteiger partial charge on any atom is -0.460 e. The van der Waals surface area contributed by atoms with E-state index in [0.29, 0.717) is 11.1 Å². The molecule has 0 N–H and O–H groups in total. The van der Waals surface area contributed by atoms with Crippen molar-refractivity contribution in [2.24, 2.45) is 0 Å². The van der Waals surface area contributed by atoms with Gasteiger partial charge in [-0.1, -0.05) is 42.5 Å². The van der Waals surface area contributed by atoms with E-state index in [4.69, 9.17) is 9.15 Å². The first-order valence-electron chi connectivity index (χ1n) is 8.89. The smallest absolute Gasteiger partial charge is 0.336 e. The first-order valence-corrected chi connectivity index (χ1v) is 9.88. The van der Waals surface area contributed by atoms with Crippen LogP contribution in [0.4, 0.5) is 0 Å². The molecule has 0 amide bonds. The standard InChI is InChI=1S/C23H18O4S/c1-15-6-9-20-18(12-22(24)27-21(20)10-15)13-26-23(25)14-28-19-8-7-16-4-2-3-5-17(16)11-19/h2-12H,13-14H2,1H3. The zero-order valence-electron chi connectivity index (χ0n) is 15.3. The summed E-state index contributed by atoms with van der Waals surface area (Å²) in [6, 6.07) is 21.2. The summed E-state index contributed by atoms with van der Waals surface area (Å²) in [6.45, 7) is 1.97. The highest BCUT2D eigenvalue weighted by molar-refractivity contribution is 8.00. The second kappa shape index (κ2) is 7.90. The summed E-state index contributed by atoms with van der Waals surface area (Å²) in [4.78, 5) is 25.0. The Balaban J connectivity index is 1.41. The summed E-state index contributed by atoms with van der Waals surface area (Å²) >= 11 is 1.43. The molecule has 0 radical (unpaired) electrons. The zero-order chi connectivity index (χ0) is 19.5. The van der Waals surface area contributed by atoms with Crippen LogP contribution in [0.15, 0.2) is 80.8 Å². The van der Waals surface area contributed by atoms with Crippen LogP contribution in [0, 0.1) is 6.92 Å². The van der Waals surface area contributed by atoms with E-state index in [9.17, 15) is 9.59 Å². The quantitative estimate of drug-likeness (QED) is 0.270. The molecular weight excluding hydrogens is 372 g/mol. The molecule has 5 heteroatoms. The maximum absolute atomic E-state index is 12.2. The van der Waals surface area contributed by atoms with Crippen molar-refractivity contribution in [3.05, 3.63) is 88.3 Å². The van der Waals surface area contributed by atoms with E-state index in [1.54, 1.807) is 6.07 Å². The second-order valence-electron chi connectivity index (χ2n) is 6.55. The number of benzene rings is 3. The van der Waals surface area contributed by atoms with Gasteiger partial charge in [0.25, 0.3) is 0 Å². The fourth-order valence-corrected chi connectivity index (χ4v) is 3.80. The van der Waals surface area contributed by atoms with Gasteiger partial charge in [-0.3, -0.25) is 4.79 Å². The van der Waals surface area contributed by atoms with Gasteiger partial charge in [-0.2, -0.15) is 0 Å². The molecule has 1 aromatic heterocycles. The van der Waals surface area contributed by atoms with Crippen LogP contribution in [0.2, 0.25) is 0 Å². The van der Waals surface area contributed by atoms with E-state index < -0.39 is 5.63 Å². The van der Waals surface area contributed by atoms with Gasteiger partial charge in [0.1, 0.15) is 12.2 Å². The molecule has 0 saturated carbocycles. The Hall–Kier alpha value is -3.05. The summed E-state index contributed by atoms with van der Waals surface area (Å²) in [7, 11) is 0. The number of carbonyl (C=O) groups excluding carboxylic acids is 1. The van der Waals surface area contributed by atoms with Gasteiger partial charge in [0.2, 0.25) is 0 Å². The van der Waals surface area contributed by atoms with Crippen LogP contribution in [0.3, 0.4) is 0 Å². The topological polar surface area (TPSA) is 56.5 Å². The van der Waals surface area contributed by atoms with E-state index in [2.05, 4.69) is 12.1 Å². The molecule has 1 heterocycles. The van der Waals surface area contributed by atoms with Crippen molar-refractivity contribution >= 4 is 39.5 Å². The van der Waals surface area contributed by atoms with Gasteiger partial charge < -0.3 is 9.15 Å². The lowest BCUT2D eigenvalue weighted by Crippen LogP contribution is -2.09. The summed E-state index contributed by atoms with van der Waals surface area (Å²) in [5, 5.41) is 3.08. The summed E-state index contributed by atoms with van der Waals surface area (Å²) in [5.74, 6) is -0.122. The van der Waals surface area contributed by atoms with Crippen LogP contribution >= 0.6 is 11.8 Å². The molecule has 0 aliphatic rings. The van der Waals surface area contributed by atoms with Crippen molar-refractivity contribution in [3.63, 3.8) is 0 Å². The Morgan fingerprint density at radius 3 is 2.68 bits per heavy atom. The van der Waals surface area contributed by atoms with E-state index >= 15 is 0 Å². The molecule has 0 atom stereocenters. The fraction of sp³-hybridized carbons (Fsp3) is 0.130. The lowest BCUT2D eigenvalue weighted by molar-refractivity contribution is -0.141. The van der Waals surface area contributed by atoms with Crippen LogP contribution in [0.25, 0.3) is 21.7 Å². The molecule has 28 heavy (non-hydrogen) atoms. The van der Waals surface area contributed by atoms with E-state index in [1.165, 1.54) is 23.2 Å². The maximum atomic E-state index is 12.2. The Bertz CT molecular complexity index is 1230. The molecular formula is C23H18O4S. The average molecular weight is 390 g/mol. The summed E-state index contributed by atoms with van der Waals surface area (Å²) in [5.41, 5.74) is 1.70. The van der Waals surface area contributed by atoms with Crippen molar-refractivity contribution in [1.82, 2.24) is 0 Å². The van der Waals surface area contributed by atoms with Crippen molar-refractivity contribution in [3.8, 4) is 0 Å². The molecule has 3 aromatic carbocycles. The zero-order valence-corrected chi connectivity index (χ0v) is 16.1. The van der Waals surface area contributed by atoms with Crippen LogP contribution in [-0.2, 0) is 16.1 Å². The highest BCUT2D eigenvalue weighted by atomic mass is 32.2. The summed E-state index contributed by atoms with van der Waals surface area (Å²) in [6.07, 6.45) is 0. The normalized spacial score (nSPS) is 11.0. The first kappa shape index (κ1) is 18.3. The number of esters is 1. The molecule has 0 saturated heterocycles. The molecule has 0 spiro atoms. The van der Waals surface area contributed by atoms with Crippen molar-refractivity contribution in [2.75, 3.05) is 5.75 Å². The number of hydrogen-bond donors (Lipinski definition) is 0. The molecule has 4 nitrogen and oxygen atoms in total. The van der Waals surface area contributed by atoms with Crippen molar-refractivity contribution in [1.29, 1.82) is 0 Å². The predicted molar refractivity (Wildman–Crippen MR) is 112 cm³/mol. The highest BCUT2D eigenvalue weighted by Crippen LogP contribution is 2.24. The van der Waals surface area contributed by atoms with Gasteiger partial charge in [-0.05, 0) is 41.5 Å². The third kappa shape index (κ3) is 4.10. The van der Waals surface area contributed by atoms with E-state index in [0.717, 1.165) is 21.2 Å². The first-order chi connectivity index (χ1) is 13.6. The number of aryl methyl sites for hydroxylation is 1. The number of ether oxygens (including phenoxy) is 1. The number of rotatable bonds is 5. The van der Waals surface area contributed by atoms with Crippen LogP contribution < -0.4 is 5.63 Å². The monoisotopic (exact) mass is 390 g/mol. The van der Waals surface area contributed by atoms with Crippen LogP contribution in [-0.4, -0.2) is 11.7 Å². The number of thioether (sulfide) groups is 1. The molecule has 0 fully saturated rings.